The standard InChI is InChI=1S/C22H27N5O3S/c1-6-19-24-14(4)20(30-19)21(28)27-7-8-29-18(11-27)17-10-16(9-12(2)23-17)26-22-25-13(3)15(5)31-22/h9-10,18H,6-8,11H2,1-5H3,(H,23,25,26)/t18-/m0/s1. The van der Waals surface area contributed by atoms with E-state index in [2.05, 4.69) is 27.2 Å². The average Bonchev–Trinajstić information content (AvgIpc) is 3.28. The van der Waals surface area contributed by atoms with Crippen molar-refractivity contribution in [2.24, 2.45) is 0 Å². The zero-order valence-electron chi connectivity index (χ0n) is 18.5. The molecule has 0 spiro atoms. The number of thiazole rings is 1. The Balaban J connectivity index is 1.53. The van der Waals surface area contributed by atoms with E-state index in [9.17, 15) is 4.79 Å². The normalized spacial score (nSPS) is 16.5. The summed E-state index contributed by atoms with van der Waals surface area (Å²) in [7, 11) is 0. The molecule has 0 radical (unpaired) electrons. The molecule has 0 aromatic carbocycles. The Morgan fingerprint density at radius 3 is 2.68 bits per heavy atom. The first-order valence-electron chi connectivity index (χ1n) is 10.4. The molecule has 0 aliphatic carbocycles. The number of carbonyl (C=O) groups excluding carboxylic acids is 1. The van der Waals surface area contributed by atoms with Gasteiger partial charge in [-0.3, -0.25) is 9.78 Å². The molecular weight excluding hydrogens is 414 g/mol. The number of nitrogens with zero attached hydrogens (tertiary/aromatic N) is 4. The third kappa shape index (κ3) is 4.62. The number of hydrogen-bond acceptors (Lipinski definition) is 8. The molecular formula is C22H27N5O3S. The lowest BCUT2D eigenvalue weighted by Crippen LogP contribution is -2.42. The van der Waals surface area contributed by atoms with Gasteiger partial charge in [-0.1, -0.05) is 6.92 Å². The van der Waals surface area contributed by atoms with Gasteiger partial charge in [-0.25, -0.2) is 9.97 Å². The Hall–Kier alpha value is -2.78. The smallest absolute Gasteiger partial charge is 0.291 e. The van der Waals surface area contributed by atoms with Gasteiger partial charge in [0.1, 0.15) is 6.10 Å². The van der Waals surface area contributed by atoms with E-state index >= 15 is 0 Å². The molecule has 31 heavy (non-hydrogen) atoms. The second kappa shape index (κ2) is 8.76. The number of ether oxygens (including phenoxy) is 1. The van der Waals surface area contributed by atoms with Crippen molar-refractivity contribution in [3.05, 3.63) is 51.4 Å². The fourth-order valence-corrected chi connectivity index (χ4v) is 4.37. The highest BCUT2D eigenvalue weighted by Gasteiger charge is 2.30. The van der Waals surface area contributed by atoms with E-state index in [1.165, 1.54) is 4.88 Å². The monoisotopic (exact) mass is 441 g/mol. The summed E-state index contributed by atoms with van der Waals surface area (Å²) in [6.45, 7) is 11.1. The summed E-state index contributed by atoms with van der Waals surface area (Å²) in [5, 5.41) is 4.22. The summed E-state index contributed by atoms with van der Waals surface area (Å²) in [4.78, 5) is 29.5. The van der Waals surface area contributed by atoms with Crippen LogP contribution in [0.3, 0.4) is 0 Å². The molecule has 3 aromatic heterocycles. The second-order valence-electron chi connectivity index (χ2n) is 7.69. The van der Waals surface area contributed by atoms with Crippen molar-refractivity contribution in [2.75, 3.05) is 25.0 Å². The third-order valence-corrected chi connectivity index (χ3v) is 6.26. The minimum Gasteiger partial charge on any atom is -0.435 e. The number of rotatable bonds is 5. The van der Waals surface area contributed by atoms with Gasteiger partial charge in [-0.2, -0.15) is 0 Å². The van der Waals surface area contributed by atoms with E-state index in [-0.39, 0.29) is 12.0 Å². The van der Waals surface area contributed by atoms with E-state index in [1.807, 2.05) is 32.9 Å². The Labute approximate surface area is 185 Å². The largest absolute Gasteiger partial charge is 0.435 e. The van der Waals surface area contributed by atoms with Crippen molar-refractivity contribution in [3.8, 4) is 0 Å². The maximum atomic E-state index is 13.0. The first-order valence-corrected chi connectivity index (χ1v) is 11.2. The number of nitrogens with one attached hydrogen (secondary N) is 1. The van der Waals surface area contributed by atoms with E-state index in [0.717, 1.165) is 27.9 Å². The van der Waals surface area contributed by atoms with Crippen LogP contribution in [0.15, 0.2) is 16.5 Å². The van der Waals surface area contributed by atoms with Gasteiger partial charge in [0, 0.05) is 29.2 Å². The molecule has 4 heterocycles. The van der Waals surface area contributed by atoms with Gasteiger partial charge >= 0.3 is 0 Å². The van der Waals surface area contributed by atoms with E-state index in [0.29, 0.717) is 43.5 Å². The number of hydrogen-bond donors (Lipinski definition) is 1. The Morgan fingerprint density at radius 1 is 1.19 bits per heavy atom. The van der Waals surface area contributed by atoms with Crippen LogP contribution in [0.1, 0.15) is 57.1 Å². The average molecular weight is 442 g/mol. The molecule has 4 rings (SSSR count). The number of carbonyl (C=O) groups is 1. The van der Waals surface area contributed by atoms with Crippen LogP contribution >= 0.6 is 11.3 Å². The van der Waals surface area contributed by atoms with E-state index in [4.69, 9.17) is 9.15 Å². The Morgan fingerprint density at radius 2 is 2.00 bits per heavy atom. The van der Waals surface area contributed by atoms with Gasteiger partial charge in [0.2, 0.25) is 5.76 Å². The highest BCUT2D eigenvalue weighted by Crippen LogP contribution is 2.29. The zero-order valence-corrected chi connectivity index (χ0v) is 19.3. The zero-order chi connectivity index (χ0) is 22.1. The molecule has 9 heteroatoms. The highest BCUT2D eigenvalue weighted by molar-refractivity contribution is 7.15. The Bertz CT molecular complexity index is 1090. The van der Waals surface area contributed by atoms with Crippen molar-refractivity contribution < 1.29 is 13.9 Å². The van der Waals surface area contributed by atoms with Crippen LogP contribution in [0.4, 0.5) is 10.8 Å². The summed E-state index contributed by atoms with van der Waals surface area (Å²) in [5.41, 5.74) is 4.21. The van der Waals surface area contributed by atoms with E-state index < -0.39 is 0 Å². The van der Waals surface area contributed by atoms with Gasteiger partial charge in [-0.15, -0.1) is 11.3 Å². The molecule has 0 bridgehead atoms. The fourth-order valence-electron chi connectivity index (χ4n) is 3.54. The molecule has 1 aliphatic heterocycles. The first-order chi connectivity index (χ1) is 14.8. The molecule has 1 saturated heterocycles. The minimum absolute atomic E-state index is 0.155. The van der Waals surface area contributed by atoms with Crippen LogP contribution in [-0.4, -0.2) is 45.5 Å². The summed E-state index contributed by atoms with van der Waals surface area (Å²) in [5.74, 6) is 0.735. The molecule has 0 saturated carbocycles. The molecule has 164 valence electrons. The minimum atomic E-state index is -0.313. The molecule has 0 unspecified atom stereocenters. The molecule has 1 N–H and O–H groups in total. The molecule has 1 fully saturated rings. The van der Waals surface area contributed by atoms with Crippen molar-refractivity contribution >= 4 is 28.1 Å². The summed E-state index contributed by atoms with van der Waals surface area (Å²) in [6.07, 6.45) is 0.341. The number of anilines is 2. The predicted molar refractivity (Wildman–Crippen MR) is 119 cm³/mol. The number of aromatic nitrogens is 3. The molecule has 1 amide bonds. The van der Waals surface area contributed by atoms with Crippen molar-refractivity contribution in [3.63, 3.8) is 0 Å². The predicted octanol–water partition coefficient (Wildman–Crippen LogP) is 4.28. The summed E-state index contributed by atoms with van der Waals surface area (Å²) >= 11 is 1.62. The van der Waals surface area contributed by atoms with Crippen molar-refractivity contribution in [1.82, 2.24) is 19.9 Å². The number of amides is 1. The van der Waals surface area contributed by atoms with E-state index in [1.54, 1.807) is 23.2 Å². The summed E-state index contributed by atoms with van der Waals surface area (Å²) in [6, 6.07) is 3.94. The van der Waals surface area contributed by atoms with Gasteiger partial charge in [-0.05, 0) is 39.8 Å². The number of morpholine rings is 1. The lowest BCUT2D eigenvalue weighted by Gasteiger charge is -2.32. The van der Waals surface area contributed by atoms with Gasteiger partial charge in [0.05, 0.1) is 30.2 Å². The van der Waals surface area contributed by atoms with Crippen molar-refractivity contribution in [1.29, 1.82) is 0 Å². The maximum Gasteiger partial charge on any atom is 0.291 e. The molecule has 1 atom stereocenters. The lowest BCUT2D eigenvalue weighted by atomic mass is 10.1. The van der Waals surface area contributed by atoms with Crippen LogP contribution in [0.25, 0.3) is 0 Å². The number of pyridine rings is 1. The van der Waals surface area contributed by atoms with Crippen LogP contribution in [-0.2, 0) is 11.2 Å². The molecule has 3 aromatic rings. The number of oxazole rings is 1. The topological polar surface area (TPSA) is 93.4 Å². The number of aryl methyl sites for hydroxylation is 5. The van der Waals surface area contributed by atoms with Crippen molar-refractivity contribution in [2.45, 2.75) is 47.1 Å². The van der Waals surface area contributed by atoms with Crippen LogP contribution in [0.5, 0.6) is 0 Å². The SMILES string of the molecule is CCc1nc(C)c(C(=O)N2CCO[C@H](c3cc(Nc4nc(C)c(C)s4)cc(C)n3)C2)o1. The lowest BCUT2D eigenvalue weighted by molar-refractivity contribution is -0.0257. The highest BCUT2D eigenvalue weighted by atomic mass is 32.1. The van der Waals surface area contributed by atoms with Gasteiger partial charge in [0.25, 0.3) is 5.91 Å². The maximum absolute atomic E-state index is 13.0. The summed E-state index contributed by atoms with van der Waals surface area (Å²) < 4.78 is 11.6. The molecule has 8 nitrogen and oxygen atoms in total. The van der Waals surface area contributed by atoms with Gasteiger partial charge in [0.15, 0.2) is 11.0 Å². The fraction of sp³-hybridized carbons (Fsp3) is 0.455. The van der Waals surface area contributed by atoms with Gasteiger partial charge < -0.3 is 19.4 Å². The molecule has 1 aliphatic rings. The van der Waals surface area contributed by atoms with Crippen LogP contribution < -0.4 is 5.32 Å². The van der Waals surface area contributed by atoms with Crippen LogP contribution in [0, 0.1) is 27.7 Å². The Kier molecular flexibility index (Phi) is 6.06. The third-order valence-electron chi connectivity index (χ3n) is 5.27. The second-order valence-corrected chi connectivity index (χ2v) is 8.90. The quantitative estimate of drug-likeness (QED) is 0.632. The first kappa shape index (κ1) is 21.5. The van der Waals surface area contributed by atoms with Crippen LogP contribution in [0.2, 0.25) is 0 Å².